The molecule has 1 aliphatic rings. The SMILES string of the molecule is N#C[C@@]1(c2ccc3c(N)ncnn23)O[C@@](C#N)(CO)[C@@H](O)[C@H]1O. The number of nitrogens with two attached hydrogens (primary N) is 1. The van der Waals surface area contributed by atoms with Crippen molar-refractivity contribution in [2.45, 2.75) is 23.4 Å². The number of rotatable bonds is 2. The summed E-state index contributed by atoms with van der Waals surface area (Å²) in [6.07, 6.45) is -2.42. The molecule has 118 valence electrons. The number of fused-ring (bicyclic) bond motifs is 1. The van der Waals surface area contributed by atoms with Gasteiger partial charge in [0, 0.05) is 0 Å². The van der Waals surface area contributed by atoms with Crippen LogP contribution in [0.3, 0.4) is 0 Å². The molecule has 2 aromatic rings. The van der Waals surface area contributed by atoms with Gasteiger partial charge in [0.25, 0.3) is 0 Å². The van der Waals surface area contributed by atoms with E-state index in [1.54, 1.807) is 12.1 Å². The van der Waals surface area contributed by atoms with E-state index in [9.17, 15) is 25.8 Å². The Morgan fingerprint density at radius 2 is 2.04 bits per heavy atom. The fourth-order valence-electron chi connectivity index (χ4n) is 2.72. The van der Waals surface area contributed by atoms with Crippen molar-refractivity contribution in [3.05, 3.63) is 24.2 Å². The van der Waals surface area contributed by atoms with Gasteiger partial charge in [-0.05, 0) is 12.1 Å². The second kappa shape index (κ2) is 4.87. The molecule has 10 heteroatoms. The summed E-state index contributed by atoms with van der Waals surface area (Å²) in [6.45, 7) is -0.897. The maximum Gasteiger partial charge on any atom is 0.226 e. The lowest BCUT2D eigenvalue weighted by molar-refractivity contribution is -0.102. The van der Waals surface area contributed by atoms with Gasteiger partial charge in [-0.15, -0.1) is 0 Å². The number of aromatic nitrogens is 3. The normalized spacial score (nSPS) is 33.4. The van der Waals surface area contributed by atoms with Crippen molar-refractivity contribution in [2.75, 3.05) is 12.3 Å². The highest BCUT2D eigenvalue weighted by Crippen LogP contribution is 2.44. The molecule has 5 N–H and O–H groups in total. The van der Waals surface area contributed by atoms with Gasteiger partial charge in [-0.25, -0.2) is 9.50 Å². The van der Waals surface area contributed by atoms with Gasteiger partial charge < -0.3 is 25.8 Å². The van der Waals surface area contributed by atoms with Gasteiger partial charge in [0.2, 0.25) is 11.2 Å². The molecular weight excluding hydrogens is 304 g/mol. The minimum atomic E-state index is -2.13. The molecule has 10 nitrogen and oxygen atoms in total. The van der Waals surface area contributed by atoms with Gasteiger partial charge in [-0.1, -0.05) is 0 Å². The topological polar surface area (TPSA) is 174 Å². The van der Waals surface area contributed by atoms with E-state index in [0.29, 0.717) is 5.52 Å². The Morgan fingerprint density at radius 3 is 2.61 bits per heavy atom. The monoisotopic (exact) mass is 316 g/mol. The first-order valence-electron chi connectivity index (χ1n) is 6.54. The van der Waals surface area contributed by atoms with Crippen molar-refractivity contribution >= 4 is 11.3 Å². The van der Waals surface area contributed by atoms with Crippen LogP contribution in [0.1, 0.15) is 5.69 Å². The highest BCUT2D eigenvalue weighted by molar-refractivity contribution is 5.66. The summed E-state index contributed by atoms with van der Waals surface area (Å²) in [4.78, 5) is 3.81. The van der Waals surface area contributed by atoms with Gasteiger partial charge in [-0.2, -0.15) is 15.6 Å². The third-order valence-corrected chi connectivity index (χ3v) is 3.99. The van der Waals surface area contributed by atoms with E-state index in [-0.39, 0.29) is 11.5 Å². The van der Waals surface area contributed by atoms with Crippen molar-refractivity contribution < 1.29 is 20.1 Å². The van der Waals surface area contributed by atoms with Crippen LogP contribution in [-0.2, 0) is 10.3 Å². The number of aliphatic hydroxyl groups excluding tert-OH is 3. The zero-order valence-electron chi connectivity index (χ0n) is 11.7. The van der Waals surface area contributed by atoms with Crippen molar-refractivity contribution in [1.29, 1.82) is 10.5 Å². The standard InChI is InChI=1S/C13H12N6O4/c14-3-12(5-20)9(21)10(22)13(4-15,23-12)8-2-1-7-11(16)17-6-18-19(7)8/h1-2,6,9-10,20-22H,5H2,(H2,16,17,18)/t9-,10+,12-,13-/m0/s1. The van der Waals surface area contributed by atoms with Crippen LogP contribution in [0.4, 0.5) is 5.82 Å². The van der Waals surface area contributed by atoms with Crippen molar-refractivity contribution in [1.82, 2.24) is 14.6 Å². The van der Waals surface area contributed by atoms with Gasteiger partial charge in [0.05, 0.1) is 12.3 Å². The van der Waals surface area contributed by atoms with E-state index in [4.69, 9.17) is 10.5 Å². The minimum Gasteiger partial charge on any atom is -0.392 e. The molecule has 1 aliphatic heterocycles. The summed E-state index contributed by atoms with van der Waals surface area (Å²) in [7, 11) is 0. The quantitative estimate of drug-likeness (QED) is 0.490. The number of nitrogens with zero attached hydrogens (tertiary/aromatic N) is 5. The summed E-state index contributed by atoms with van der Waals surface area (Å²) in [5.74, 6) is 0.140. The fourth-order valence-corrected chi connectivity index (χ4v) is 2.72. The molecule has 2 aromatic heterocycles. The van der Waals surface area contributed by atoms with Crippen LogP contribution in [0.2, 0.25) is 0 Å². The number of anilines is 1. The molecule has 0 unspecified atom stereocenters. The molecule has 4 atom stereocenters. The number of aliphatic hydroxyl groups is 3. The first-order valence-corrected chi connectivity index (χ1v) is 6.54. The largest absolute Gasteiger partial charge is 0.392 e. The zero-order valence-corrected chi connectivity index (χ0v) is 11.7. The number of nitriles is 2. The second-order valence-corrected chi connectivity index (χ2v) is 5.16. The lowest BCUT2D eigenvalue weighted by Gasteiger charge is -2.25. The van der Waals surface area contributed by atoms with Crippen molar-refractivity contribution in [3.8, 4) is 12.1 Å². The lowest BCUT2D eigenvalue weighted by atomic mass is 9.89. The third-order valence-electron chi connectivity index (χ3n) is 3.99. The number of hydrogen-bond donors (Lipinski definition) is 4. The molecule has 1 saturated heterocycles. The molecule has 0 amide bonds. The summed E-state index contributed by atoms with van der Waals surface area (Å²) < 4.78 is 6.64. The average molecular weight is 316 g/mol. The molecule has 1 fully saturated rings. The number of ether oxygens (including phenoxy) is 1. The second-order valence-electron chi connectivity index (χ2n) is 5.16. The maximum atomic E-state index is 10.4. The summed E-state index contributed by atoms with van der Waals surface area (Å²) in [5.41, 5.74) is 1.91. The smallest absolute Gasteiger partial charge is 0.226 e. The minimum absolute atomic E-state index is 0.0567. The molecule has 3 heterocycles. The molecule has 23 heavy (non-hydrogen) atoms. The first kappa shape index (κ1) is 15.1. The highest BCUT2D eigenvalue weighted by atomic mass is 16.6. The Bertz CT molecular complexity index is 854. The summed E-state index contributed by atoms with van der Waals surface area (Å²) >= 11 is 0. The highest BCUT2D eigenvalue weighted by Gasteiger charge is 2.65. The van der Waals surface area contributed by atoms with Crippen LogP contribution in [0, 0.1) is 22.7 Å². The van der Waals surface area contributed by atoms with Gasteiger partial charge in [0.15, 0.2) is 5.82 Å². The van der Waals surface area contributed by atoms with Crippen LogP contribution >= 0.6 is 0 Å². The fraction of sp³-hybridized carbons (Fsp3) is 0.385. The molecule has 3 rings (SSSR count). The molecule has 0 saturated carbocycles. The van der Waals surface area contributed by atoms with Crippen LogP contribution < -0.4 is 5.73 Å². The van der Waals surface area contributed by atoms with E-state index in [1.165, 1.54) is 16.6 Å². The zero-order chi connectivity index (χ0) is 16.8. The molecule has 0 radical (unpaired) electrons. The molecule has 0 spiro atoms. The van der Waals surface area contributed by atoms with Gasteiger partial charge in [-0.3, -0.25) is 0 Å². The Hall–Kier alpha value is -2.76. The molecule has 0 aromatic carbocycles. The van der Waals surface area contributed by atoms with Crippen LogP contribution in [0.25, 0.3) is 5.52 Å². The van der Waals surface area contributed by atoms with Crippen LogP contribution in [0.15, 0.2) is 18.5 Å². The van der Waals surface area contributed by atoms with E-state index in [2.05, 4.69) is 10.1 Å². The van der Waals surface area contributed by atoms with E-state index < -0.39 is 30.0 Å². The van der Waals surface area contributed by atoms with Gasteiger partial charge >= 0.3 is 0 Å². The predicted octanol–water partition coefficient (Wildman–Crippen LogP) is -1.96. The summed E-state index contributed by atoms with van der Waals surface area (Å²) in [5, 5.41) is 52.7. The van der Waals surface area contributed by atoms with Gasteiger partial charge in [0.1, 0.15) is 36.2 Å². The van der Waals surface area contributed by atoms with E-state index in [0.717, 1.165) is 6.33 Å². The molecular formula is C13H12N6O4. The Labute approximate surface area is 129 Å². The first-order chi connectivity index (χ1) is 11.0. The average Bonchev–Trinajstić information content (AvgIpc) is 3.09. The van der Waals surface area contributed by atoms with Crippen LogP contribution in [0.5, 0.6) is 0 Å². The maximum absolute atomic E-state index is 10.4. The predicted molar refractivity (Wildman–Crippen MR) is 73.2 cm³/mol. The van der Waals surface area contributed by atoms with E-state index >= 15 is 0 Å². The Morgan fingerprint density at radius 1 is 1.30 bits per heavy atom. The van der Waals surface area contributed by atoms with Crippen molar-refractivity contribution in [3.63, 3.8) is 0 Å². The van der Waals surface area contributed by atoms with Crippen molar-refractivity contribution in [2.24, 2.45) is 0 Å². The lowest BCUT2D eigenvalue weighted by Crippen LogP contribution is -2.45. The molecule has 0 aliphatic carbocycles. The molecule has 0 bridgehead atoms. The summed E-state index contributed by atoms with van der Waals surface area (Å²) in [6, 6.07) is 6.33. The number of nitrogen functional groups attached to an aromatic ring is 1. The van der Waals surface area contributed by atoms with E-state index in [1.807, 2.05) is 0 Å². The van der Waals surface area contributed by atoms with Crippen LogP contribution in [-0.4, -0.2) is 54.3 Å². The Balaban J connectivity index is 2.25. The third kappa shape index (κ3) is 1.75. The number of hydrogen-bond acceptors (Lipinski definition) is 9. The Kier molecular flexibility index (Phi) is 3.21.